The molecule has 4 nitrogen and oxygen atoms in total. The Morgan fingerprint density at radius 2 is 2.05 bits per heavy atom. The third-order valence-corrected chi connectivity index (χ3v) is 3.55. The lowest BCUT2D eigenvalue weighted by molar-refractivity contribution is -0.130. The average molecular weight is 324 g/mol. The van der Waals surface area contributed by atoms with Crippen molar-refractivity contribution in [2.45, 2.75) is 26.3 Å². The Balaban J connectivity index is 2.68. The van der Waals surface area contributed by atoms with E-state index in [1.807, 2.05) is 38.1 Å². The van der Waals surface area contributed by atoms with Gasteiger partial charge in [-0.05, 0) is 41.9 Å². The van der Waals surface area contributed by atoms with Gasteiger partial charge in [0.25, 0.3) is 0 Å². The van der Waals surface area contributed by atoms with Gasteiger partial charge in [0.1, 0.15) is 6.04 Å². The summed E-state index contributed by atoms with van der Waals surface area (Å²) in [6.07, 6.45) is 0.180. The van der Waals surface area contributed by atoms with Crippen LogP contribution >= 0.6 is 15.9 Å². The molecule has 0 radical (unpaired) electrons. The summed E-state index contributed by atoms with van der Waals surface area (Å²) in [7, 11) is 0. The van der Waals surface area contributed by atoms with Crippen molar-refractivity contribution < 1.29 is 4.79 Å². The largest absolute Gasteiger partial charge is 0.368 e. The third-order valence-electron chi connectivity index (χ3n) is 2.85. The quantitative estimate of drug-likeness (QED) is 0.875. The Bertz CT molecular complexity index is 466. The molecule has 0 saturated heterocycles. The second-order valence-electron chi connectivity index (χ2n) is 4.08. The average Bonchev–Trinajstić information content (AvgIpc) is 2.41. The van der Waals surface area contributed by atoms with Crippen LogP contribution in [0, 0.1) is 11.3 Å². The minimum atomic E-state index is -0.521. The number of carbonyl (C=O) groups is 1. The number of halogens is 1. The number of nitriles is 1. The first-order valence-electron chi connectivity index (χ1n) is 6.30. The van der Waals surface area contributed by atoms with E-state index in [4.69, 9.17) is 5.26 Å². The lowest BCUT2D eigenvalue weighted by Crippen LogP contribution is -2.34. The number of rotatable bonds is 6. The van der Waals surface area contributed by atoms with Gasteiger partial charge in [-0.1, -0.05) is 12.1 Å². The van der Waals surface area contributed by atoms with Crippen LogP contribution in [-0.2, 0) is 4.79 Å². The number of hydrogen-bond donors (Lipinski definition) is 1. The minimum Gasteiger partial charge on any atom is -0.368 e. The molecule has 1 amide bonds. The molecular weight excluding hydrogens is 306 g/mol. The summed E-state index contributed by atoms with van der Waals surface area (Å²) in [5, 5.41) is 12.2. The number of carbonyl (C=O) groups excluding carboxylic acids is 1. The van der Waals surface area contributed by atoms with E-state index in [1.165, 1.54) is 0 Å². The number of benzene rings is 1. The van der Waals surface area contributed by atoms with Gasteiger partial charge in [-0.2, -0.15) is 5.26 Å². The zero-order valence-corrected chi connectivity index (χ0v) is 12.8. The Kier molecular flexibility index (Phi) is 6.37. The van der Waals surface area contributed by atoms with E-state index >= 15 is 0 Å². The summed E-state index contributed by atoms with van der Waals surface area (Å²) in [5.74, 6) is -0.00361. The number of hydrogen-bond acceptors (Lipinski definition) is 3. The van der Waals surface area contributed by atoms with Crippen molar-refractivity contribution in [2.75, 3.05) is 18.4 Å². The molecule has 5 heteroatoms. The molecule has 1 aromatic rings. The van der Waals surface area contributed by atoms with Crippen LogP contribution < -0.4 is 5.32 Å². The highest BCUT2D eigenvalue weighted by molar-refractivity contribution is 9.10. The predicted molar refractivity (Wildman–Crippen MR) is 79.7 cm³/mol. The fourth-order valence-corrected chi connectivity index (χ4v) is 2.17. The Morgan fingerprint density at radius 1 is 1.42 bits per heavy atom. The first-order chi connectivity index (χ1) is 9.12. The maximum Gasteiger partial charge on any atom is 0.225 e. The van der Waals surface area contributed by atoms with Crippen molar-refractivity contribution in [3.63, 3.8) is 0 Å². The van der Waals surface area contributed by atoms with Crippen molar-refractivity contribution in [1.82, 2.24) is 4.90 Å². The van der Waals surface area contributed by atoms with Crippen molar-refractivity contribution in [3.05, 3.63) is 28.7 Å². The van der Waals surface area contributed by atoms with Gasteiger partial charge >= 0.3 is 0 Å². The molecule has 1 rings (SSSR count). The summed E-state index contributed by atoms with van der Waals surface area (Å²) in [6.45, 7) is 5.21. The van der Waals surface area contributed by atoms with Crippen molar-refractivity contribution in [3.8, 4) is 6.07 Å². The van der Waals surface area contributed by atoms with E-state index in [-0.39, 0.29) is 12.3 Å². The second kappa shape index (κ2) is 7.80. The SMILES string of the molecule is CCN(CC)C(=O)CC(C#N)Nc1ccccc1Br. The van der Waals surface area contributed by atoms with Gasteiger partial charge in [0.2, 0.25) is 5.91 Å². The summed E-state index contributed by atoms with van der Waals surface area (Å²) < 4.78 is 0.880. The molecule has 0 spiro atoms. The third kappa shape index (κ3) is 4.56. The molecule has 0 bridgehead atoms. The lowest BCUT2D eigenvalue weighted by atomic mass is 10.2. The molecule has 0 saturated carbocycles. The van der Waals surface area contributed by atoms with Crippen LogP contribution in [-0.4, -0.2) is 29.9 Å². The highest BCUT2D eigenvalue weighted by Gasteiger charge is 2.17. The number of amides is 1. The molecular formula is C14H18BrN3O. The molecule has 0 aromatic heterocycles. The van der Waals surface area contributed by atoms with Gasteiger partial charge < -0.3 is 10.2 Å². The van der Waals surface area contributed by atoms with E-state index in [0.717, 1.165) is 10.2 Å². The van der Waals surface area contributed by atoms with Crippen LogP contribution in [0.1, 0.15) is 20.3 Å². The molecule has 19 heavy (non-hydrogen) atoms. The molecule has 102 valence electrons. The van der Waals surface area contributed by atoms with E-state index in [0.29, 0.717) is 13.1 Å². The monoisotopic (exact) mass is 323 g/mol. The maximum absolute atomic E-state index is 12.0. The number of anilines is 1. The fourth-order valence-electron chi connectivity index (χ4n) is 1.77. The van der Waals surface area contributed by atoms with E-state index in [1.54, 1.807) is 4.90 Å². The maximum atomic E-state index is 12.0. The fraction of sp³-hybridized carbons (Fsp3) is 0.429. The Labute approximate surface area is 122 Å². The first-order valence-corrected chi connectivity index (χ1v) is 7.10. The van der Waals surface area contributed by atoms with Crippen molar-refractivity contribution in [2.24, 2.45) is 0 Å². The van der Waals surface area contributed by atoms with Crippen molar-refractivity contribution >= 4 is 27.5 Å². The number of nitrogens with zero attached hydrogens (tertiary/aromatic N) is 2. The summed E-state index contributed by atoms with van der Waals surface area (Å²) in [6, 6.07) is 9.16. The van der Waals surface area contributed by atoms with E-state index in [9.17, 15) is 4.79 Å². The molecule has 1 unspecified atom stereocenters. The molecule has 0 aliphatic rings. The predicted octanol–water partition coefficient (Wildman–Crippen LogP) is 3.01. The topological polar surface area (TPSA) is 56.1 Å². The highest BCUT2D eigenvalue weighted by atomic mass is 79.9. The minimum absolute atomic E-state index is 0.00361. The van der Waals surface area contributed by atoms with E-state index in [2.05, 4.69) is 27.3 Å². The van der Waals surface area contributed by atoms with Gasteiger partial charge in [0.05, 0.1) is 12.5 Å². The van der Waals surface area contributed by atoms with Gasteiger partial charge in [-0.25, -0.2) is 0 Å². The lowest BCUT2D eigenvalue weighted by Gasteiger charge is -2.21. The standard InChI is InChI=1S/C14H18BrN3O/c1-3-18(4-2)14(19)9-11(10-16)17-13-8-6-5-7-12(13)15/h5-8,11,17H,3-4,9H2,1-2H3. The molecule has 1 aromatic carbocycles. The summed E-state index contributed by atoms with van der Waals surface area (Å²) in [5.41, 5.74) is 0.821. The molecule has 1 atom stereocenters. The normalized spacial score (nSPS) is 11.5. The van der Waals surface area contributed by atoms with Gasteiger partial charge in [-0.15, -0.1) is 0 Å². The van der Waals surface area contributed by atoms with Gasteiger partial charge in [-0.3, -0.25) is 4.79 Å². The number of para-hydroxylation sites is 1. The van der Waals surface area contributed by atoms with Gasteiger partial charge in [0.15, 0.2) is 0 Å². The highest BCUT2D eigenvalue weighted by Crippen LogP contribution is 2.22. The zero-order chi connectivity index (χ0) is 14.3. The first kappa shape index (κ1) is 15.5. The van der Waals surface area contributed by atoms with Gasteiger partial charge in [0, 0.05) is 23.2 Å². The van der Waals surface area contributed by atoms with Crippen LogP contribution in [0.4, 0.5) is 5.69 Å². The van der Waals surface area contributed by atoms with E-state index < -0.39 is 6.04 Å². The van der Waals surface area contributed by atoms with Crippen molar-refractivity contribution in [1.29, 1.82) is 5.26 Å². The Hall–Kier alpha value is -1.54. The zero-order valence-electron chi connectivity index (χ0n) is 11.2. The number of nitrogens with one attached hydrogen (secondary N) is 1. The Morgan fingerprint density at radius 3 is 2.58 bits per heavy atom. The second-order valence-corrected chi connectivity index (χ2v) is 4.93. The molecule has 0 fully saturated rings. The molecule has 1 N–H and O–H groups in total. The van der Waals surface area contributed by atoms with Crippen LogP contribution in [0.5, 0.6) is 0 Å². The van der Waals surface area contributed by atoms with Crippen LogP contribution in [0.3, 0.4) is 0 Å². The molecule has 0 aliphatic carbocycles. The summed E-state index contributed by atoms with van der Waals surface area (Å²) in [4.78, 5) is 13.7. The smallest absolute Gasteiger partial charge is 0.225 e. The molecule has 0 heterocycles. The molecule has 0 aliphatic heterocycles. The van der Waals surface area contributed by atoms with Crippen LogP contribution in [0.2, 0.25) is 0 Å². The van der Waals surface area contributed by atoms with Crippen LogP contribution in [0.25, 0.3) is 0 Å². The summed E-state index contributed by atoms with van der Waals surface area (Å²) >= 11 is 3.41. The van der Waals surface area contributed by atoms with Crippen LogP contribution in [0.15, 0.2) is 28.7 Å².